The van der Waals surface area contributed by atoms with Crippen LogP contribution in [0.5, 0.6) is 0 Å². The Morgan fingerprint density at radius 2 is 0.500 bits per heavy atom. The van der Waals surface area contributed by atoms with E-state index in [1.807, 2.05) is 27.7 Å². The molecule has 10 atom stereocenters. The average Bonchev–Trinajstić information content (AvgIpc) is 3.17. The maximum atomic E-state index is 10.8. The summed E-state index contributed by atoms with van der Waals surface area (Å²) >= 11 is 0. The van der Waals surface area contributed by atoms with Gasteiger partial charge in [0.2, 0.25) is 23.6 Å². The van der Waals surface area contributed by atoms with Gasteiger partial charge < -0.3 is 43.4 Å². The Morgan fingerprint density at radius 1 is 0.344 bits per heavy atom. The highest BCUT2D eigenvalue weighted by Crippen LogP contribution is 2.26. The molecule has 0 radical (unpaired) electrons. The lowest BCUT2D eigenvalue weighted by atomic mass is 9.85. The number of hydrogen-bond acceptors (Lipinski definition) is 8. The number of carboxylic acids is 4. The quantitative estimate of drug-likeness (QED) is 0.0388. The van der Waals surface area contributed by atoms with Crippen molar-refractivity contribution >= 4 is 47.5 Å². The van der Waals surface area contributed by atoms with Crippen LogP contribution >= 0.6 is 0 Å². The first-order valence-electron chi connectivity index (χ1n) is 23.3. The zero-order valence-electron chi connectivity index (χ0n) is 42.5. The van der Waals surface area contributed by atoms with Gasteiger partial charge in [0.25, 0.3) is 0 Å². The molecule has 0 aliphatic carbocycles. The first kappa shape index (κ1) is 68.8. The highest BCUT2D eigenvalue weighted by molar-refractivity contribution is 5.86. The van der Waals surface area contributed by atoms with Gasteiger partial charge in [-0.25, -0.2) is 0 Å². The lowest BCUT2D eigenvalue weighted by Gasteiger charge is -2.21. The van der Waals surface area contributed by atoms with Crippen molar-refractivity contribution in [1.29, 1.82) is 0 Å². The Kier molecular flexibility index (Phi) is 40.9. The largest absolute Gasteiger partial charge is 0.481 e. The minimum absolute atomic E-state index is 0.0253. The summed E-state index contributed by atoms with van der Waals surface area (Å²) in [7, 11) is 0. The molecular formula is C48H94N4O12. The number of hydrogen-bond donors (Lipinski definition) is 8. The van der Waals surface area contributed by atoms with Crippen molar-refractivity contribution in [2.45, 2.75) is 175 Å². The molecule has 10 unspecified atom stereocenters. The highest BCUT2D eigenvalue weighted by Gasteiger charge is 2.37. The van der Waals surface area contributed by atoms with Gasteiger partial charge in [0, 0.05) is 23.7 Å². The maximum absolute atomic E-state index is 10.8. The van der Waals surface area contributed by atoms with Gasteiger partial charge >= 0.3 is 23.9 Å². The molecule has 0 bridgehead atoms. The molecule has 0 aromatic carbocycles. The Morgan fingerprint density at radius 3 is 0.578 bits per heavy atom. The third-order valence-corrected chi connectivity index (χ3v) is 12.3. The molecule has 0 heterocycles. The summed E-state index contributed by atoms with van der Waals surface area (Å²) in [5.74, 6) is -5.25. The second-order valence-electron chi connectivity index (χ2n) is 18.9. The number of carboxylic acid groups (broad SMARTS) is 4. The molecule has 0 aliphatic rings. The van der Waals surface area contributed by atoms with Crippen LogP contribution in [0.1, 0.15) is 175 Å². The Bertz CT molecular complexity index is 1190. The molecule has 0 saturated carbocycles. The van der Waals surface area contributed by atoms with Gasteiger partial charge in [-0.15, -0.1) is 0 Å². The first-order valence-corrected chi connectivity index (χ1v) is 23.3. The summed E-state index contributed by atoms with van der Waals surface area (Å²) in [5, 5.41) is 34.1. The van der Waals surface area contributed by atoms with Gasteiger partial charge in [-0.3, -0.25) is 38.4 Å². The summed E-state index contributed by atoms with van der Waals surface area (Å²) in [6.07, 6.45) is 6.41. The fourth-order valence-corrected chi connectivity index (χ4v) is 7.10. The van der Waals surface area contributed by atoms with E-state index < -0.39 is 48.6 Å². The standard InChI is InChI=1S/4C10H21NO.C8H10O8/c4*1-5-9(7(2)3)6-8(4)10(11)12;9-5(10)1-3(7(13)14)4(8(15)16)2-6(11)12/h4*7-9H,5-6H2,1-4H3,(H2,11,12);3-4H,1-2H2,(H,9,10)(H,11,12)(H,13,14)(H,15,16). The molecule has 0 fully saturated rings. The van der Waals surface area contributed by atoms with E-state index in [-0.39, 0.29) is 47.3 Å². The number of primary amides is 4. The van der Waals surface area contributed by atoms with Crippen LogP contribution in [0.2, 0.25) is 0 Å². The molecule has 16 nitrogen and oxygen atoms in total. The van der Waals surface area contributed by atoms with E-state index >= 15 is 0 Å². The van der Waals surface area contributed by atoms with E-state index in [0.717, 1.165) is 51.4 Å². The van der Waals surface area contributed by atoms with Crippen molar-refractivity contribution in [3.63, 3.8) is 0 Å². The van der Waals surface area contributed by atoms with Crippen LogP contribution in [0.25, 0.3) is 0 Å². The number of carbonyl (C=O) groups excluding carboxylic acids is 4. The highest BCUT2D eigenvalue weighted by atomic mass is 16.4. The third-order valence-electron chi connectivity index (χ3n) is 12.3. The van der Waals surface area contributed by atoms with E-state index in [1.165, 1.54) is 0 Å². The molecule has 0 saturated heterocycles. The molecular weight excluding hydrogens is 825 g/mol. The summed E-state index contributed by atoms with van der Waals surface area (Å²) in [6, 6.07) is 0. The van der Waals surface area contributed by atoms with Gasteiger partial charge in [0.15, 0.2) is 0 Å². The molecule has 378 valence electrons. The molecule has 0 aliphatic heterocycles. The second-order valence-corrected chi connectivity index (χ2v) is 18.9. The number of amides is 4. The maximum Gasteiger partial charge on any atom is 0.307 e. The molecule has 4 amide bonds. The van der Waals surface area contributed by atoms with Crippen LogP contribution in [0.3, 0.4) is 0 Å². The van der Waals surface area contributed by atoms with Gasteiger partial charge in [0.05, 0.1) is 24.7 Å². The molecule has 0 aromatic heterocycles. The van der Waals surface area contributed by atoms with E-state index in [1.54, 1.807) is 0 Å². The summed E-state index contributed by atoms with van der Waals surface area (Å²) in [4.78, 5) is 85.1. The number of aliphatic carboxylic acids is 4. The SMILES string of the molecule is CCC(CC(C)C(N)=O)C(C)C.CCC(CC(C)C(N)=O)C(C)C.CCC(CC(C)C(N)=O)C(C)C.CCC(CC(C)C(N)=O)C(C)C.O=C(O)CC(C(=O)O)C(CC(=O)O)C(=O)O. The van der Waals surface area contributed by atoms with Crippen LogP contribution in [-0.2, 0) is 38.4 Å². The first-order chi connectivity index (χ1) is 29.2. The second kappa shape index (κ2) is 38.1. The zero-order valence-corrected chi connectivity index (χ0v) is 42.5. The van der Waals surface area contributed by atoms with Crippen LogP contribution < -0.4 is 22.9 Å². The van der Waals surface area contributed by atoms with Crippen molar-refractivity contribution in [1.82, 2.24) is 0 Å². The summed E-state index contributed by atoms with van der Waals surface area (Å²) < 4.78 is 0. The summed E-state index contributed by atoms with van der Waals surface area (Å²) in [5.41, 5.74) is 20.8. The van der Waals surface area contributed by atoms with E-state index in [0.29, 0.717) is 47.3 Å². The van der Waals surface area contributed by atoms with Gasteiger partial charge in [-0.1, -0.05) is 136 Å². The Labute approximate surface area is 386 Å². The minimum Gasteiger partial charge on any atom is -0.481 e. The third kappa shape index (κ3) is 36.1. The number of rotatable bonds is 27. The van der Waals surface area contributed by atoms with Crippen molar-refractivity contribution in [3.05, 3.63) is 0 Å². The topological polar surface area (TPSA) is 322 Å². The molecule has 0 aromatic rings. The van der Waals surface area contributed by atoms with Crippen LogP contribution in [0, 0.1) is 82.9 Å². The smallest absolute Gasteiger partial charge is 0.307 e. The molecule has 16 heteroatoms. The number of carbonyl (C=O) groups is 8. The molecule has 0 rings (SSSR count). The van der Waals surface area contributed by atoms with Crippen LogP contribution in [0.15, 0.2) is 0 Å². The van der Waals surface area contributed by atoms with Crippen molar-refractivity contribution in [2.75, 3.05) is 0 Å². The monoisotopic (exact) mass is 919 g/mol. The van der Waals surface area contributed by atoms with Crippen molar-refractivity contribution in [2.24, 2.45) is 106 Å². The fourth-order valence-electron chi connectivity index (χ4n) is 7.10. The van der Waals surface area contributed by atoms with Crippen LogP contribution in [0.4, 0.5) is 0 Å². The van der Waals surface area contributed by atoms with Gasteiger partial charge in [-0.2, -0.15) is 0 Å². The Hall–Kier alpha value is -4.24. The van der Waals surface area contributed by atoms with E-state index in [4.69, 9.17) is 43.4 Å². The zero-order chi connectivity index (χ0) is 51.8. The molecule has 0 spiro atoms. The molecule has 64 heavy (non-hydrogen) atoms. The Balaban J connectivity index is -0.000000228. The van der Waals surface area contributed by atoms with E-state index in [9.17, 15) is 38.4 Å². The number of nitrogens with two attached hydrogens (primary N) is 4. The van der Waals surface area contributed by atoms with Crippen LogP contribution in [-0.4, -0.2) is 67.9 Å². The van der Waals surface area contributed by atoms with Crippen molar-refractivity contribution in [3.8, 4) is 0 Å². The lowest BCUT2D eigenvalue weighted by Crippen LogP contribution is -2.33. The predicted octanol–water partition coefficient (Wildman–Crippen LogP) is 8.06. The molecule has 12 N–H and O–H groups in total. The van der Waals surface area contributed by atoms with Gasteiger partial charge in [0.1, 0.15) is 0 Å². The lowest BCUT2D eigenvalue weighted by molar-refractivity contribution is -0.160. The average molecular weight is 919 g/mol. The van der Waals surface area contributed by atoms with E-state index in [2.05, 4.69) is 83.1 Å². The summed E-state index contributed by atoms with van der Waals surface area (Å²) in [6.45, 7) is 33.9. The predicted molar refractivity (Wildman–Crippen MR) is 253 cm³/mol. The van der Waals surface area contributed by atoms with Gasteiger partial charge in [-0.05, 0) is 73.0 Å². The minimum atomic E-state index is -1.76. The fraction of sp³-hybridized carbons (Fsp3) is 0.833. The van der Waals surface area contributed by atoms with Crippen molar-refractivity contribution < 1.29 is 58.8 Å². The normalized spacial score (nSPS) is 15.5.